The molecule has 168 valence electrons. The fraction of sp³-hybridized carbons (Fsp3) is 0.318. The Morgan fingerprint density at radius 3 is 2.50 bits per heavy atom. The van der Waals surface area contributed by atoms with Crippen LogP contribution in [-0.4, -0.2) is 41.3 Å². The van der Waals surface area contributed by atoms with Gasteiger partial charge in [-0.2, -0.15) is 0 Å². The fourth-order valence-electron chi connectivity index (χ4n) is 3.79. The molecule has 0 saturated carbocycles. The van der Waals surface area contributed by atoms with Crippen molar-refractivity contribution in [2.75, 3.05) is 19.0 Å². The summed E-state index contributed by atoms with van der Waals surface area (Å²) in [6.45, 7) is 3.28. The average Bonchev–Trinajstić information content (AvgIpc) is 2.98. The Morgan fingerprint density at radius 1 is 1.22 bits per heavy atom. The Bertz CT molecular complexity index is 1060. The molecule has 2 aromatic rings. The monoisotopic (exact) mass is 440 g/mol. The molecule has 4 amide bonds. The average molecular weight is 440 g/mol. The zero-order valence-electron chi connectivity index (χ0n) is 18.0. The maximum Gasteiger partial charge on any atom is 0.325 e. The van der Waals surface area contributed by atoms with Crippen LogP contribution in [0.2, 0.25) is 0 Å². The predicted molar refractivity (Wildman–Crippen MR) is 116 cm³/mol. The van der Waals surface area contributed by atoms with Crippen molar-refractivity contribution < 1.29 is 24.0 Å². The number of imide groups is 1. The number of carbonyl (C=O) groups is 3. The molecule has 0 spiro atoms. The van der Waals surface area contributed by atoms with E-state index in [1.807, 2.05) is 13.8 Å². The molecule has 1 aliphatic rings. The molecule has 3 rings (SSSR count). The van der Waals surface area contributed by atoms with E-state index in [1.54, 1.807) is 30.3 Å². The second-order valence-corrected chi connectivity index (χ2v) is 7.88. The Hall–Kier alpha value is -3.95. The molecular formula is C22H24N4O6. The van der Waals surface area contributed by atoms with Crippen LogP contribution in [0.25, 0.3) is 0 Å². The second kappa shape index (κ2) is 9.04. The summed E-state index contributed by atoms with van der Waals surface area (Å²) in [5, 5.41) is 16.5. The molecule has 2 N–H and O–H groups in total. The van der Waals surface area contributed by atoms with Crippen molar-refractivity contribution >= 4 is 29.2 Å². The summed E-state index contributed by atoms with van der Waals surface area (Å²) in [6.07, 6.45) is 0.351. The number of nitro benzene ring substituents is 1. The van der Waals surface area contributed by atoms with E-state index in [9.17, 15) is 24.5 Å². The fourth-order valence-corrected chi connectivity index (χ4v) is 3.79. The standard InChI is InChI=1S/C22H24N4O6/c1-14(2)12-22(15-7-5-4-6-8-15)20(28)25(21(29)24-22)13-19(27)23-17-10-9-16(32-3)11-18(17)26(30)31/h4-11,14H,12-13H2,1-3H3,(H,23,27)(H,24,29). The van der Waals surface area contributed by atoms with Crippen molar-refractivity contribution in [3.8, 4) is 5.75 Å². The predicted octanol–water partition coefficient (Wildman–Crippen LogP) is 3.04. The third-order valence-corrected chi connectivity index (χ3v) is 5.13. The lowest BCUT2D eigenvalue weighted by Crippen LogP contribution is -2.45. The second-order valence-electron chi connectivity index (χ2n) is 7.88. The topological polar surface area (TPSA) is 131 Å². The molecule has 1 saturated heterocycles. The van der Waals surface area contributed by atoms with Gasteiger partial charge in [0.2, 0.25) is 5.91 Å². The van der Waals surface area contributed by atoms with Crippen molar-refractivity contribution in [1.82, 2.24) is 10.2 Å². The molecule has 2 aromatic carbocycles. The summed E-state index contributed by atoms with van der Waals surface area (Å²) >= 11 is 0. The van der Waals surface area contributed by atoms with E-state index >= 15 is 0 Å². The SMILES string of the molecule is COc1ccc(NC(=O)CN2C(=O)NC(CC(C)C)(c3ccccc3)C2=O)c([N+](=O)[O-])c1. The Balaban J connectivity index is 1.84. The summed E-state index contributed by atoms with van der Waals surface area (Å²) in [7, 11) is 1.37. The lowest BCUT2D eigenvalue weighted by molar-refractivity contribution is -0.384. The van der Waals surface area contributed by atoms with Crippen molar-refractivity contribution in [3.63, 3.8) is 0 Å². The highest BCUT2D eigenvalue weighted by molar-refractivity contribution is 6.10. The van der Waals surface area contributed by atoms with E-state index in [1.165, 1.54) is 25.3 Å². The molecule has 10 heteroatoms. The number of rotatable bonds is 8. The van der Waals surface area contributed by atoms with Gasteiger partial charge in [-0.3, -0.25) is 24.6 Å². The Labute approximate surface area is 184 Å². The summed E-state index contributed by atoms with van der Waals surface area (Å²) in [4.78, 5) is 50.2. The Morgan fingerprint density at radius 2 is 1.91 bits per heavy atom. The molecule has 1 aliphatic heterocycles. The third-order valence-electron chi connectivity index (χ3n) is 5.13. The minimum atomic E-state index is -1.28. The number of methoxy groups -OCH3 is 1. The van der Waals surface area contributed by atoms with E-state index in [4.69, 9.17) is 4.74 Å². The first kappa shape index (κ1) is 22.7. The maximum atomic E-state index is 13.4. The van der Waals surface area contributed by atoms with Crippen molar-refractivity contribution in [2.45, 2.75) is 25.8 Å². The number of anilines is 1. The van der Waals surface area contributed by atoms with Crippen molar-refractivity contribution in [2.24, 2.45) is 5.92 Å². The number of ether oxygens (including phenoxy) is 1. The van der Waals surface area contributed by atoms with Crippen LogP contribution >= 0.6 is 0 Å². The van der Waals surface area contributed by atoms with Crippen LogP contribution in [0.1, 0.15) is 25.8 Å². The molecule has 1 atom stereocenters. The first-order valence-electron chi connectivity index (χ1n) is 10.00. The minimum Gasteiger partial charge on any atom is -0.496 e. The summed E-state index contributed by atoms with van der Waals surface area (Å²) < 4.78 is 4.97. The lowest BCUT2D eigenvalue weighted by Gasteiger charge is -2.29. The molecule has 10 nitrogen and oxygen atoms in total. The first-order valence-corrected chi connectivity index (χ1v) is 10.00. The van der Waals surface area contributed by atoms with Gasteiger partial charge >= 0.3 is 6.03 Å². The van der Waals surface area contributed by atoms with Gasteiger partial charge in [0.05, 0.1) is 18.1 Å². The number of nitrogens with one attached hydrogen (secondary N) is 2. The molecule has 32 heavy (non-hydrogen) atoms. The first-order chi connectivity index (χ1) is 15.2. The third kappa shape index (κ3) is 4.39. The van der Waals surface area contributed by atoms with Gasteiger partial charge in [-0.1, -0.05) is 44.2 Å². The van der Waals surface area contributed by atoms with Crippen LogP contribution in [-0.2, 0) is 15.1 Å². The van der Waals surface area contributed by atoms with Gasteiger partial charge in [-0.25, -0.2) is 4.79 Å². The van der Waals surface area contributed by atoms with E-state index in [0.29, 0.717) is 12.0 Å². The largest absolute Gasteiger partial charge is 0.496 e. The highest BCUT2D eigenvalue weighted by Crippen LogP contribution is 2.35. The highest BCUT2D eigenvalue weighted by atomic mass is 16.6. The van der Waals surface area contributed by atoms with Crippen molar-refractivity contribution in [1.29, 1.82) is 0 Å². The summed E-state index contributed by atoms with van der Waals surface area (Å²) in [5.74, 6) is -0.947. The van der Waals surface area contributed by atoms with E-state index in [2.05, 4.69) is 10.6 Å². The van der Waals surface area contributed by atoms with Crippen LogP contribution in [0.4, 0.5) is 16.2 Å². The van der Waals surface area contributed by atoms with E-state index < -0.39 is 34.9 Å². The van der Waals surface area contributed by atoms with Crippen molar-refractivity contribution in [3.05, 3.63) is 64.2 Å². The maximum absolute atomic E-state index is 13.4. The molecule has 1 fully saturated rings. The number of amides is 4. The number of hydrogen-bond donors (Lipinski definition) is 2. The van der Waals surface area contributed by atoms with Crippen LogP contribution in [0, 0.1) is 16.0 Å². The van der Waals surface area contributed by atoms with E-state index in [-0.39, 0.29) is 23.0 Å². The highest BCUT2D eigenvalue weighted by Gasteiger charge is 2.52. The van der Waals surface area contributed by atoms with Crippen LogP contribution in [0.3, 0.4) is 0 Å². The summed E-state index contributed by atoms with van der Waals surface area (Å²) in [6, 6.07) is 12.1. The van der Waals surface area contributed by atoms with Crippen LogP contribution in [0.5, 0.6) is 5.75 Å². The zero-order valence-corrected chi connectivity index (χ0v) is 18.0. The number of nitrogens with zero attached hydrogens (tertiary/aromatic N) is 2. The molecule has 1 heterocycles. The molecule has 1 unspecified atom stereocenters. The van der Waals surface area contributed by atoms with E-state index in [0.717, 1.165) is 4.90 Å². The quantitative estimate of drug-likeness (QED) is 0.369. The Kier molecular flexibility index (Phi) is 6.42. The van der Waals surface area contributed by atoms with Crippen LogP contribution < -0.4 is 15.4 Å². The summed E-state index contributed by atoms with van der Waals surface area (Å²) in [5.41, 5.74) is -1.09. The minimum absolute atomic E-state index is 0.0654. The van der Waals surface area contributed by atoms with Gasteiger partial charge in [0.25, 0.3) is 11.6 Å². The zero-order chi connectivity index (χ0) is 23.5. The molecular weight excluding hydrogens is 416 g/mol. The van der Waals surface area contributed by atoms with Gasteiger partial charge in [-0.15, -0.1) is 0 Å². The number of carbonyl (C=O) groups excluding carboxylic acids is 3. The number of nitro groups is 1. The van der Waals surface area contributed by atoms with Gasteiger partial charge in [0.15, 0.2) is 0 Å². The number of hydrogen-bond acceptors (Lipinski definition) is 6. The molecule has 0 aromatic heterocycles. The smallest absolute Gasteiger partial charge is 0.325 e. The molecule has 0 bridgehead atoms. The van der Waals surface area contributed by atoms with Gasteiger partial charge in [0.1, 0.15) is 23.5 Å². The van der Waals surface area contributed by atoms with Gasteiger partial charge in [0, 0.05) is 0 Å². The van der Waals surface area contributed by atoms with Gasteiger partial charge < -0.3 is 15.4 Å². The molecule has 0 aliphatic carbocycles. The molecule has 0 radical (unpaired) electrons. The number of urea groups is 1. The normalized spacial score (nSPS) is 17.9. The van der Waals surface area contributed by atoms with Gasteiger partial charge in [-0.05, 0) is 30.0 Å². The lowest BCUT2D eigenvalue weighted by atomic mass is 9.82. The van der Waals surface area contributed by atoms with Crippen LogP contribution in [0.15, 0.2) is 48.5 Å². The number of benzene rings is 2.